The van der Waals surface area contributed by atoms with Crippen LogP contribution in [0.3, 0.4) is 0 Å². The van der Waals surface area contributed by atoms with Gasteiger partial charge < -0.3 is 10.8 Å². The predicted molar refractivity (Wildman–Crippen MR) is 45.9 cm³/mol. The van der Waals surface area contributed by atoms with Crippen molar-refractivity contribution in [2.45, 2.75) is 13.7 Å². The molecular formula is C7H6N4O3. The van der Waals surface area contributed by atoms with E-state index in [4.69, 9.17) is 19.0 Å². The maximum absolute atomic E-state index is 11.4. The number of hydrogen-bond acceptors (Lipinski definition) is 3. The van der Waals surface area contributed by atoms with Crippen LogP contribution in [-0.2, 0) is 4.94 Å². The molecule has 1 fully saturated rings. The van der Waals surface area contributed by atoms with Gasteiger partial charge in [0.05, 0.1) is 9.81 Å². The van der Waals surface area contributed by atoms with Crippen molar-refractivity contribution in [2.75, 3.05) is 0 Å². The van der Waals surface area contributed by atoms with Gasteiger partial charge in [0.2, 0.25) is 0 Å². The van der Waals surface area contributed by atoms with Crippen LogP contribution in [0.5, 0.6) is 0 Å². The van der Waals surface area contributed by atoms with Crippen molar-refractivity contribution >= 4 is 11.7 Å². The molecule has 0 aromatic heterocycles. The van der Waals surface area contributed by atoms with Gasteiger partial charge in [-0.15, -0.1) is 0 Å². The lowest BCUT2D eigenvalue weighted by Crippen LogP contribution is -2.38. The summed E-state index contributed by atoms with van der Waals surface area (Å²) in [6.07, 6.45) is 0. The lowest BCUT2D eigenvalue weighted by Gasteiger charge is -2.15. The van der Waals surface area contributed by atoms with Crippen LogP contribution in [0.4, 0.5) is 0 Å². The van der Waals surface area contributed by atoms with Crippen molar-refractivity contribution < 1.29 is 23.0 Å². The molecule has 1 rings (SSSR count). The fourth-order valence-electron chi connectivity index (χ4n) is 0.784. The van der Waals surface area contributed by atoms with Gasteiger partial charge in [0.25, 0.3) is 0 Å². The molecule has 0 atom stereocenters. The topological polar surface area (TPSA) is 94.0 Å². The molecule has 0 spiro atoms. The van der Waals surface area contributed by atoms with Crippen LogP contribution in [0.2, 0.25) is 0 Å². The summed E-state index contributed by atoms with van der Waals surface area (Å²) in [5, 5.41) is 17.7. The predicted octanol–water partition coefficient (Wildman–Crippen LogP) is 0.677. The maximum Gasteiger partial charge on any atom is 0.337 e. The maximum atomic E-state index is 11.4. The van der Waals surface area contributed by atoms with E-state index < -0.39 is 40.4 Å². The molecule has 0 aromatic rings. The summed E-state index contributed by atoms with van der Waals surface area (Å²) in [5.74, 6) is 2.18. The van der Waals surface area contributed by atoms with Crippen molar-refractivity contribution in [3.8, 4) is 0 Å². The fourth-order valence-corrected chi connectivity index (χ4v) is 0.784. The Balaban J connectivity index is 4.00. The number of rotatable bonds is 0. The Morgan fingerprint density at radius 1 is 1.29 bits per heavy atom. The monoisotopic (exact) mass is 200 g/mol. The van der Waals surface area contributed by atoms with Gasteiger partial charge in [0.15, 0.2) is 5.41 Å². The summed E-state index contributed by atoms with van der Waals surface area (Å²) in [6.45, 7) is -7.08. The first-order chi connectivity index (χ1) is 8.95. The highest BCUT2D eigenvalue weighted by molar-refractivity contribution is 5.66. The van der Waals surface area contributed by atoms with Crippen molar-refractivity contribution in [3.05, 3.63) is 32.0 Å². The van der Waals surface area contributed by atoms with Crippen molar-refractivity contribution in [1.29, 1.82) is 0 Å². The second kappa shape index (κ2) is 2.99. The molecule has 0 aromatic carbocycles. The van der Waals surface area contributed by atoms with E-state index in [1.54, 1.807) is 0 Å². The van der Waals surface area contributed by atoms with Crippen LogP contribution in [-0.4, -0.2) is 21.6 Å². The van der Waals surface area contributed by atoms with Crippen LogP contribution < -0.4 is 0 Å². The van der Waals surface area contributed by atoms with E-state index in [1.807, 2.05) is 0 Å². The molecule has 1 aliphatic heterocycles. The third-order valence-corrected chi connectivity index (χ3v) is 1.44. The zero-order chi connectivity index (χ0) is 15.9. The van der Waals surface area contributed by atoms with Crippen LogP contribution >= 0.6 is 0 Å². The molecule has 0 bridgehead atoms. The van der Waals surface area contributed by atoms with Crippen molar-refractivity contribution in [3.63, 3.8) is 0 Å². The van der Waals surface area contributed by atoms with E-state index in [0.29, 0.717) is 0 Å². The largest absolute Gasteiger partial charge is 0.758 e. The van der Waals surface area contributed by atoms with E-state index in [0.717, 1.165) is 11.7 Å². The van der Waals surface area contributed by atoms with E-state index in [9.17, 15) is 9.81 Å². The first-order valence-corrected chi connectivity index (χ1v) is 3.12. The highest BCUT2D eigenvalue weighted by Gasteiger charge is 2.58. The smallest absolute Gasteiger partial charge is 0.337 e. The molecule has 0 radical (unpaired) electrons. The second-order valence-electron chi connectivity index (χ2n) is 2.27. The minimum atomic E-state index is -3.54. The zero-order valence-corrected chi connectivity index (χ0v) is 6.51. The highest BCUT2D eigenvalue weighted by Crippen LogP contribution is 2.36. The molecule has 72 valence electrons. The molecule has 0 saturated carbocycles. The van der Waals surface area contributed by atoms with E-state index in [2.05, 4.69) is 4.94 Å². The fraction of sp³-hybridized carbons (Fsp3) is 0.429. The Morgan fingerprint density at radius 3 is 2.00 bits per heavy atom. The SMILES string of the molecule is [2H]C([2H])([2H])C1(C([2H])([2H])[2H])C(=C=[N-])[N+](=O)O[N+](=O)C1=C=[N-]. The molecule has 7 heteroatoms. The third-order valence-electron chi connectivity index (χ3n) is 1.44. The molecular weight excluding hydrogens is 188 g/mol. The van der Waals surface area contributed by atoms with Crippen molar-refractivity contribution in [2.24, 2.45) is 5.41 Å². The van der Waals surface area contributed by atoms with Gasteiger partial charge in [0, 0.05) is 8.22 Å². The normalized spacial score (nSPS) is 28.0. The van der Waals surface area contributed by atoms with Crippen molar-refractivity contribution in [1.82, 2.24) is 0 Å². The summed E-state index contributed by atoms with van der Waals surface area (Å²) in [6, 6.07) is 0. The first kappa shape index (κ1) is 4.41. The molecule has 14 heavy (non-hydrogen) atoms. The lowest BCUT2D eigenvalue weighted by atomic mass is 9.86. The Kier molecular flexibility index (Phi) is 0.943. The van der Waals surface area contributed by atoms with Gasteiger partial charge in [-0.2, -0.15) is 11.7 Å². The summed E-state index contributed by atoms with van der Waals surface area (Å²) >= 11 is 0. The molecule has 0 N–H and O–H groups in total. The Morgan fingerprint density at radius 2 is 1.71 bits per heavy atom. The lowest BCUT2D eigenvalue weighted by molar-refractivity contribution is -1.05. The van der Waals surface area contributed by atoms with Crippen LogP contribution in [0, 0.1) is 15.2 Å². The van der Waals surface area contributed by atoms with Gasteiger partial charge in [-0.05, 0) is 13.7 Å². The standard InChI is InChI=1S/C7H6N4O3/c1-7(2)5(3-8)10(12)14-11(13)6(7)4-9/h1-2H3/i1D3,2D3. The highest BCUT2D eigenvalue weighted by atomic mass is 16.9. The third kappa shape index (κ3) is 1.17. The molecule has 0 amide bonds. The average molecular weight is 200 g/mol. The van der Waals surface area contributed by atoms with Gasteiger partial charge in [-0.25, -0.2) is 0 Å². The number of hydrogen-bond donors (Lipinski definition) is 0. The quantitative estimate of drug-likeness (QED) is 0.538. The van der Waals surface area contributed by atoms with Gasteiger partial charge in [-0.3, -0.25) is 0 Å². The Labute approximate surface area is 87.2 Å². The second-order valence-corrected chi connectivity index (χ2v) is 2.27. The first-order valence-electron chi connectivity index (χ1n) is 6.12. The summed E-state index contributed by atoms with van der Waals surface area (Å²) in [5.41, 5.74) is -6.19. The summed E-state index contributed by atoms with van der Waals surface area (Å²) in [4.78, 5) is 25.0. The summed E-state index contributed by atoms with van der Waals surface area (Å²) < 4.78 is 43.9. The minimum Gasteiger partial charge on any atom is -0.758 e. The number of nitrogens with zero attached hydrogens (tertiary/aromatic N) is 4. The van der Waals surface area contributed by atoms with E-state index >= 15 is 0 Å². The van der Waals surface area contributed by atoms with E-state index in [1.165, 1.54) is 0 Å². The average Bonchev–Trinajstić information content (AvgIpc) is 2.24. The molecule has 1 aliphatic rings. The Hall–Kier alpha value is -2.10. The van der Waals surface area contributed by atoms with Gasteiger partial charge in [-0.1, -0.05) is 0 Å². The van der Waals surface area contributed by atoms with Crippen LogP contribution in [0.15, 0.2) is 11.4 Å². The zero-order valence-electron chi connectivity index (χ0n) is 12.5. The van der Waals surface area contributed by atoms with Gasteiger partial charge in [0.1, 0.15) is 4.94 Å². The van der Waals surface area contributed by atoms with Crippen LogP contribution in [0.1, 0.15) is 21.9 Å². The molecule has 1 saturated heterocycles. The molecule has 0 unspecified atom stereocenters. The van der Waals surface area contributed by atoms with Gasteiger partial charge >= 0.3 is 21.2 Å². The Bertz CT molecular complexity index is 541. The van der Waals surface area contributed by atoms with E-state index in [-0.39, 0.29) is 0 Å². The molecule has 1 heterocycles. The minimum absolute atomic E-state index is 0.813. The van der Waals surface area contributed by atoms with Crippen LogP contribution in [0.25, 0.3) is 10.8 Å². The molecule has 0 aliphatic carbocycles. The summed E-state index contributed by atoms with van der Waals surface area (Å²) in [7, 11) is 0. The molecule has 7 nitrogen and oxygen atoms in total.